The zero-order valence-electron chi connectivity index (χ0n) is 14.1. The lowest BCUT2D eigenvalue weighted by molar-refractivity contribution is 0.0123. The molecule has 0 amide bonds. The predicted octanol–water partition coefficient (Wildman–Crippen LogP) is 3.21. The minimum absolute atomic E-state index is 0.472. The predicted molar refractivity (Wildman–Crippen MR) is 91.9 cm³/mol. The topological polar surface area (TPSA) is 83.3 Å². The number of hydrogen-bond donors (Lipinski definition) is 0. The zero-order chi connectivity index (χ0) is 17.4. The molecule has 0 spiro atoms. The Morgan fingerprint density at radius 3 is 2.61 bits per heavy atom. The van der Waals surface area contributed by atoms with Gasteiger partial charge in [-0.05, 0) is 51.3 Å². The van der Waals surface area contributed by atoms with Gasteiger partial charge in [0, 0.05) is 21.7 Å². The van der Waals surface area contributed by atoms with Crippen LogP contribution in [-0.2, 0) is 20.8 Å². The maximum Gasteiger partial charge on any atom is 0.137 e. The molecule has 8 heteroatoms. The Labute approximate surface area is 142 Å². The highest BCUT2D eigenvalue weighted by atomic mass is 32.2. The van der Waals surface area contributed by atoms with E-state index in [2.05, 4.69) is 10.3 Å². The highest BCUT2D eigenvalue weighted by molar-refractivity contribution is 7.80. The van der Waals surface area contributed by atoms with Crippen LogP contribution in [0, 0.1) is 13.8 Å². The van der Waals surface area contributed by atoms with Gasteiger partial charge in [0.15, 0.2) is 0 Å². The number of nitrogens with zero attached hydrogens (tertiary/aromatic N) is 2. The van der Waals surface area contributed by atoms with Crippen molar-refractivity contribution < 1.29 is 18.4 Å². The molecule has 2 unspecified atom stereocenters. The first kappa shape index (κ1) is 18.1. The first-order valence-electron chi connectivity index (χ1n) is 7.19. The van der Waals surface area contributed by atoms with Crippen LogP contribution >= 0.6 is 11.3 Å². The van der Waals surface area contributed by atoms with Gasteiger partial charge in [-0.2, -0.15) is 0 Å². The first-order valence-corrected chi connectivity index (χ1v) is 9.14. The maximum absolute atomic E-state index is 12.0. The molecule has 1 aliphatic rings. The maximum atomic E-state index is 12.0. The lowest BCUT2D eigenvalue weighted by Gasteiger charge is -2.22. The van der Waals surface area contributed by atoms with Crippen molar-refractivity contribution in [2.45, 2.75) is 51.9 Å². The highest BCUT2D eigenvalue weighted by Crippen LogP contribution is 2.39. The molecule has 0 aliphatic carbocycles. The Morgan fingerprint density at radius 1 is 1.48 bits per heavy atom. The van der Waals surface area contributed by atoms with E-state index in [0.717, 1.165) is 20.9 Å². The number of hydrogen-bond acceptors (Lipinski definition) is 7. The van der Waals surface area contributed by atoms with Gasteiger partial charge in [-0.25, -0.2) is 0 Å². The monoisotopic (exact) mass is 357 g/mol. The summed E-state index contributed by atoms with van der Waals surface area (Å²) in [6, 6.07) is 0. The third kappa shape index (κ3) is 3.64. The number of rotatable bonds is 5. The molecule has 1 aromatic heterocycles. The molecule has 0 N–H and O–H groups in total. The van der Waals surface area contributed by atoms with Gasteiger partial charge in [0.2, 0.25) is 0 Å². The molecule has 2 rings (SSSR count). The van der Waals surface area contributed by atoms with Crippen LogP contribution in [0.25, 0.3) is 0 Å². The molecule has 23 heavy (non-hydrogen) atoms. The Hall–Kier alpha value is -1.25. The molecule has 2 heterocycles. The summed E-state index contributed by atoms with van der Waals surface area (Å²) in [7, 11) is 1.47. The van der Waals surface area contributed by atoms with Crippen LogP contribution in [0.15, 0.2) is 10.3 Å². The average Bonchev–Trinajstić information content (AvgIpc) is 2.90. The lowest BCUT2D eigenvalue weighted by Crippen LogP contribution is -2.24. The van der Waals surface area contributed by atoms with Crippen molar-refractivity contribution >= 4 is 33.8 Å². The minimum atomic E-state index is -2.36. The van der Waals surface area contributed by atoms with Crippen molar-refractivity contribution in [1.82, 2.24) is 0 Å². The van der Waals surface area contributed by atoms with Crippen LogP contribution in [0.1, 0.15) is 53.3 Å². The van der Waals surface area contributed by atoms with Crippen LogP contribution in [0.2, 0.25) is 0 Å². The van der Waals surface area contributed by atoms with Crippen LogP contribution in [-0.4, -0.2) is 32.9 Å². The molecule has 1 aromatic rings. The normalized spacial score (nSPS) is 20.0. The number of aryl methyl sites for hydroxylation is 2. The van der Waals surface area contributed by atoms with Crippen molar-refractivity contribution in [3.63, 3.8) is 0 Å². The van der Waals surface area contributed by atoms with Crippen LogP contribution < -0.4 is 0 Å². The fourth-order valence-electron chi connectivity index (χ4n) is 2.85. The van der Waals surface area contributed by atoms with E-state index in [9.17, 15) is 8.76 Å². The molecule has 0 aromatic carbocycles. The molecular formula is C15H21N2O4S2-. The van der Waals surface area contributed by atoms with E-state index in [1.54, 1.807) is 11.3 Å². The van der Waals surface area contributed by atoms with Gasteiger partial charge in [-0.1, -0.05) is 10.3 Å². The van der Waals surface area contributed by atoms with Crippen molar-refractivity contribution in [1.29, 1.82) is 0 Å². The SMILES string of the molecule is CON=C(C)c1c(C)sc(C)c1C(C1=NOC(C)(C)C1)S(=O)[O-]. The van der Waals surface area contributed by atoms with E-state index in [1.165, 1.54) is 7.11 Å². The van der Waals surface area contributed by atoms with Gasteiger partial charge in [0.05, 0.1) is 16.7 Å². The smallest absolute Gasteiger partial charge is 0.137 e. The van der Waals surface area contributed by atoms with E-state index in [1.807, 2.05) is 34.6 Å². The second-order valence-electron chi connectivity index (χ2n) is 6.11. The van der Waals surface area contributed by atoms with Gasteiger partial charge in [0.25, 0.3) is 0 Å². The van der Waals surface area contributed by atoms with Crippen molar-refractivity contribution in [3.8, 4) is 0 Å². The largest absolute Gasteiger partial charge is 0.772 e. The molecule has 0 saturated carbocycles. The Balaban J connectivity index is 2.58. The van der Waals surface area contributed by atoms with Crippen LogP contribution in [0.3, 0.4) is 0 Å². The summed E-state index contributed by atoms with van der Waals surface area (Å²) in [4.78, 5) is 12.2. The quantitative estimate of drug-likeness (QED) is 0.460. The molecule has 6 nitrogen and oxygen atoms in total. The molecular weight excluding hydrogens is 336 g/mol. The fraction of sp³-hybridized carbons (Fsp3) is 0.600. The Bertz CT molecular complexity index is 692. The molecule has 2 atom stereocenters. The molecule has 1 aliphatic heterocycles. The summed E-state index contributed by atoms with van der Waals surface area (Å²) in [6.45, 7) is 9.45. The van der Waals surface area contributed by atoms with Crippen molar-refractivity contribution in [3.05, 3.63) is 20.9 Å². The third-order valence-electron chi connectivity index (χ3n) is 3.67. The van der Waals surface area contributed by atoms with E-state index in [4.69, 9.17) is 9.68 Å². The van der Waals surface area contributed by atoms with Gasteiger partial charge >= 0.3 is 0 Å². The van der Waals surface area contributed by atoms with Crippen molar-refractivity contribution in [2.24, 2.45) is 10.3 Å². The molecule has 0 fully saturated rings. The Morgan fingerprint density at radius 2 is 2.13 bits per heavy atom. The average molecular weight is 357 g/mol. The zero-order valence-corrected chi connectivity index (χ0v) is 15.8. The summed E-state index contributed by atoms with van der Waals surface area (Å²) in [5.74, 6) is 0. The van der Waals surface area contributed by atoms with Crippen LogP contribution in [0.5, 0.6) is 0 Å². The van der Waals surface area contributed by atoms with E-state index in [-0.39, 0.29) is 0 Å². The summed E-state index contributed by atoms with van der Waals surface area (Å²) in [6.07, 6.45) is 0.472. The van der Waals surface area contributed by atoms with E-state index in [0.29, 0.717) is 17.8 Å². The molecule has 0 saturated heterocycles. The number of oxime groups is 2. The molecule has 0 bridgehead atoms. The Kier molecular flexibility index (Phi) is 5.27. The van der Waals surface area contributed by atoms with Gasteiger partial charge < -0.3 is 14.2 Å². The summed E-state index contributed by atoms with van der Waals surface area (Å²) in [5, 5.41) is 7.18. The minimum Gasteiger partial charge on any atom is -0.772 e. The van der Waals surface area contributed by atoms with Gasteiger partial charge in [-0.15, -0.1) is 11.3 Å². The molecule has 128 valence electrons. The first-order chi connectivity index (χ1) is 10.7. The third-order valence-corrected chi connectivity index (χ3v) is 5.60. The fourth-order valence-corrected chi connectivity index (χ4v) is 4.91. The van der Waals surface area contributed by atoms with E-state index >= 15 is 0 Å². The van der Waals surface area contributed by atoms with Gasteiger partial charge in [-0.3, -0.25) is 4.21 Å². The standard InChI is InChI=1S/C15H22N2O4S2/c1-8(16-20-6)12-9(2)22-10(3)13(12)14(23(18)19)11-7-15(4,5)21-17-11/h14H,7H2,1-6H3,(H,18,19)/p-1. The van der Waals surface area contributed by atoms with E-state index < -0.39 is 21.9 Å². The summed E-state index contributed by atoms with van der Waals surface area (Å²) >= 11 is -0.806. The second kappa shape index (κ2) is 6.70. The summed E-state index contributed by atoms with van der Waals surface area (Å²) < 4.78 is 24.0. The second-order valence-corrected chi connectivity index (χ2v) is 8.53. The summed E-state index contributed by atoms with van der Waals surface area (Å²) in [5.41, 5.74) is 2.23. The lowest BCUT2D eigenvalue weighted by atomic mass is 9.94. The highest BCUT2D eigenvalue weighted by Gasteiger charge is 2.37. The van der Waals surface area contributed by atoms with Crippen molar-refractivity contribution in [2.75, 3.05) is 7.11 Å². The molecule has 0 radical (unpaired) electrons. The number of thiophene rings is 1. The van der Waals surface area contributed by atoms with Gasteiger partial charge in [0.1, 0.15) is 12.7 Å². The van der Waals surface area contributed by atoms with Crippen LogP contribution in [0.4, 0.5) is 0 Å².